The third kappa shape index (κ3) is 8.02. The molecule has 0 aliphatic carbocycles. The molecule has 0 fully saturated rings. The third-order valence-corrected chi connectivity index (χ3v) is 1.26. The van der Waals surface area contributed by atoms with Crippen LogP contribution in [0.2, 0.25) is 0 Å². The number of rotatable bonds is 4. The Labute approximate surface area is 76.3 Å². The van der Waals surface area contributed by atoms with E-state index in [0.29, 0.717) is 6.61 Å². The summed E-state index contributed by atoms with van der Waals surface area (Å²) < 4.78 is 11.1. The predicted octanol–water partition coefficient (Wildman–Crippen LogP) is 2.62. The van der Waals surface area contributed by atoms with E-state index in [2.05, 4.69) is 20.8 Å². The molecule has 2 heteroatoms. The molecule has 0 aliphatic rings. The maximum absolute atomic E-state index is 5.57. The summed E-state index contributed by atoms with van der Waals surface area (Å²) in [4.78, 5) is 0. The van der Waals surface area contributed by atoms with E-state index in [-0.39, 0.29) is 17.8 Å². The van der Waals surface area contributed by atoms with Gasteiger partial charge in [-0.1, -0.05) is 0 Å². The molecule has 74 valence electrons. The number of ether oxygens (including phenoxy) is 2. The summed E-state index contributed by atoms with van der Waals surface area (Å²) in [6, 6.07) is 0. The van der Waals surface area contributed by atoms with Gasteiger partial charge >= 0.3 is 0 Å². The summed E-state index contributed by atoms with van der Waals surface area (Å²) in [6.45, 7) is 12.9. The van der Waals surface area contributed by atoms with Gasteiger partial charge in [0.15, 0.2) is 0 Å². The first-order chi connectivity index (χ1) is 5.31. The Morgan fingerprint density at radius 2 is 1.58 bits per heavy atom. The molecule has 0 aromatic carbocycles. The van der Waals surface area contributed by atoms with E-state index >= 15 is 0 Å². The Kier molecular flexibility index (Phi) is 4.80. The Morgan fingerprint density at radius 3 is 1.92 bits per heavy atom. The lowest BCUT2D eigenvalue weighted by molar-refractivity contribution is -0.0810. The average Bonchev–Trinajstić information content (AvgIpc) is 1.80. The van der Waals surface area contributed by atoms with E-state index < -0.39 is 0 Å². The van der Waals surface area contributed by atoms with Crippen molar-refractivity contribution in [3.05, 3.63) is 0 Å². The molecule has 0 saturated heterocycles. The van der Waals surface area contributed by atoms with Gasteiger partial charge in [0.05, 0.1) is 24.4 Å². The van der Waals surface area contributed by atoms with Gasteiger partial charge in [-0.25, -0.2) is 0 Å². The highest BCUT2D eigenvalue weighted by molar-refractivity contribution is 4.60. The molecule has 0 aliphatic heterocycles. The first kappa shape index (κ1) is 11.9. The molecule has 0 amide bonds. The minimum atomic E-state index is -0.0609. The summed E-state index contributed by atoms with van der Waals surface area (Å²) in [5.41, 5.74) is -0.0609. The van der Waals surface area contributed by atoms with E-state index in [1.165, 1.54) is 0 Å². The van der Waals surface area contributed by atoms with E-state index in [4.69, 9.17) is 9.47 Å². The molecule has 0 radical (unpaired) electrons. The standard InChI is InChI=1S/C10H22O2/c1-8(2)12-9(3)7-11-10(4,5)6/h8-9H,7H2,1-6H3/t9-/m0/s1. The first-order valence-electron chi connectivity index (χ1n) is 4.60. The molecule has 0 N–H and O–H groups in total. The van der Waals surface area contributed by atoms with Crippen LogP contribution in [-0.2, 0) is 9.47 Å². The molecular formula is C10H22O2. The summed E-state index contributed by atoms with van der Waals surface area (Å²) in [5.74, 6) is 0. The second kappa shape index (κ2) is 4.83. The van der Waals surface area contributed by atoms with Gasteiger partial charge in [-0.15, -0.1) is 0 Å². The predicted molar refractivity (Wildman–Crippen MR) is 51.4 cm³/mol. The van der Waals surface area contributed by atoms with Crippen LogP contribution in [0.15, 0.2) is 0 Å². The van der Waals surface area contributed by atoms with Crippen molar-refractivity contribution in [2.75, 3.05) is 6.61 Å². The maximum Gasteiger partial charge on any atom is 0.0784 e. The molecule has 0 unspecified atom stereocenters. The van der Waals surface area contributed by atoms with Gasteiger partial charge in [-0.3, -0.25) is 0 Å². The Balaban J connectivity index is 3.51. The second-order valence-corrected chi connectivity index (χ2v) is 4.42. The summed E-state index contributed by atoms with van der Waals surface area (Å²) >= 11 is 0. The van der Waals surface area contributed by atoms with Crippen molar-refractivity contribution >= 4 is 0 Å². The number of hydrogen-bond donors (Lipinski definition) is 0. The van der Waals surface area contributed by atoms with Gasteiger partial charge in [-0.2, -0.15) is 0 Å². The number of hydrogen-bond acceptors (Lipinski definition) is 2. The molecule has 0 aromatic heterocycles. The molecule has 12 heavy (non-hydrogen) atoms. The highest BCUT2D eigenvalue weighted by Crippen LogP contribution is 2.08. The SMILES string of the molecule is CC(C)O[C@@H](C)COC(C)(C)C. The van der Waals surface area contributed by atoms with E-state index in [9.17, 15) is 0 Å². The fraction of sp³-hybridized carbons (Fsp3) is 1.00. The topological polar surface area (TPSA) is 18.5 Å². The Morgan fingerprint density at radius 1 is 1.08 bits per heavy atom. The van der Waals surface area contributed by atoms with Gasteiger partial charge in [0.1, 0.15) is 0 Å². The molecular weight excluding hydrogens is 152 g/mol. The maximum atomic E-state index is 5.57. The molecule has 0 rings (SSSR count). The van der Waals surface area contributed by atoms with Gasteiger partial charge < -0.3 is 9.47 Å². The van der Waals surface area contributed by atoms with Crippen LogP contribution >= 0.6 is 0 Å². The highest BCUT2D eigenvalue weighted by atomic mass is 16.5. The van der Waals surface area contributed by atoms with Crippen molar-refractivity contribution in [2.24, 2.45) is 0 Å². The van der Waals surface area contributed by atoms with Gasteiger partial charge in [0.2, 0.25) is 0 Å². The van der Waals surface area contributed by atoms with Crippen molar-refractivity contribution in [1.29, 1.82) is 0 Å². The van der Waals surface area contributed by atoms with E-state index in [0.717, 1.165) is 0 Å². The molecule has 0 saturated carbocycles. The van der Waals surface area contributed by atoms with Gasteiger partial charge in [0, 0.05) is 0 Å². The average molecular weight is 174 g/mol. The van der Waals surface area contributed by atoms with Gasteiger partial charge in [0.25, 0.3) is 0 Å². The quantitative estimate of drug-likeness (QED) is 0.652. The largest absolute Gasteiger partial charge is 0.373 e. The van der Waals surface area contributed by atoms with Crippen LogP contribution in [0.1, 0.15) is 41.5 Å². The minimum absolute atomic E-state index is 0.0609. The van der Waals surface area contributed by atoms with Crippen molar-refractivity contribution < 1.29 is 9.47 Å². The zero-order valence-corrected chi connectivity index (χ0v) is 9.18. The zero-order chi connectivity index (χ0) is 9.78. The zero-order valence-electron chi connectivity index (χ0n) is 9.18. The van der Waals surface area contributed by atoms with Crippen LogP contribution in [-0.4, -0.2) is 24.4 Å². The van der Waals surface area contributed by atoms with Crippen LogP contribution in [0, 0.1) is 0 Å². The smallest absolute Gasteiger partial charge is 0.0784 e. The lowest BCUT2D eigenvalue weighted by atomic mass is 10.2. The lowest BCUT2D eigenvalue weighted by Crippen LogP contribution is -2.27. The van der Waals surface area contributed by atoms with Crippen LogP contribution in [0.25, 0.3) is 0 Å². The van der Waals surface area contributed by atoms with Crippen molar-refractivity contribution in [3.8, 4) is 0 Å². The first-order valence-corrected chi connectivity index (χ1v) is 4.60. The van der Waals surface area contributed by atoms with Crippen molar-refractivity contribution in [3.63, 3.8) is 0 Å². The van der Waals surface area contributed by atoms with Crippen LogP contribution < -0.4 is 0 Å². The molecule has 0 aromatic rings. The molecule has 0 bridgehead atoms. The lowest BCUT2D eigenvalue weighted by Gasteiger charge is -2.23. The van der Waals surface area contributed by atoms with Crippen LogP contribution in [0.5, 0.6) is 0 Å². The summed E-state index contributed by atoms with van der Waals surface area (Å²) in [5, 5.41) is 0. The minimum Gasteiger partial charge on any atom is -0.373 e. The van der Waals surface area contributed by atoms with Crippen LogP contribution in [0.3, 0.4) is 0 Å². The normalized spacial score (nSPS) is 15.2. The van der Waals surface area contributed by atoms with E-state index in [1.54, 1.807) is 0 Å². The van der Waals surface area contributed by atoms with E-state index in [1.807, 2.05) is 20.8 Å². The fourth-order valence-corrected chi connectivity index (χ4v) is 0.871. The Hall–Kier alpha value is -0.0800. The summed E-state index contributed by atoms with van der Waals surface area (Å²) in [6.07, 6.45) is 0.466. The van der Waals surface area contributed by atoms with Crippen molar-refractivity contribution in [2.45, 2.75) is 59.4 Å². The van der Waals surface area contributed by atoms with Crippen molar-refractivity contribution in [1.82, 2.24) is 0 Å². The van der Waals surface area contributed by atoms with Crippen LogP contribution in [0.4, 0.5) is 0 Å². The Bertz CT molecular complexity index is 113. The highest BCUT2D eigenvalue weighted by Gasteiger charge is 2.13. The summed E-state index contributed by atoms with van der Waals surface area (Å²) in [7, 11) is 0. The third-order valence-electron chi connectivity index (χ3n) is 1.26. The monoisotopic (exact) mass is 174 g/mol. The second-order valence-electron chi connectivity index (χ2n) is 4.42. The molecule has 0 spiro atoms. The molecule has 1 atom stereocenters. The van der Waals surface area contributed by atoms with Gasteiger partial charge in [-0.05, 0) is 41.5 Å². The molecule has 0 heterocycles. The molecule has 2 nitrogen and oxygen atoms in total. The fourth-order valence-electron chi connectivity index (χ4n) is 0.871.